The standard InChI is InChI=1S/C17H22N4O2/c1-12-4-3-5-15(19-12)8-14-10-21(6-7-23-11-14)17(22)16-9-18-20-13(16)2/h3-5,9,14H,6-8,10-11H2,1-2H3,(H,18,20). The maximum atomic E-state index is 12.7. The molecule has 1 atom stereocenters. The van der Waals surface area contributed by atoms with Crippen molar-refractivity contribution < 1.29 is 9.53 Å². The summed E-state index contributed by atoms with van der Waals surface area (Å²) in [7, 11) is 0. The van der Waals surface area contributed by atoms with E-state index in [9.17, 15) is 4.79 Å². The molecule has 2 aromatic heterocycles. The molecule has 122 valence electrons. The summed E-state index contributed by atoms with van der Waals surface area (Å²) in [6, 6.07) is 6.04. The van der Waals surface area contributed by atoms with E-state index in [0.29, 0.717) is 31.9 Å². The SMILES string of the molecule is Cc1cccc(CC2COCCN(C(=O)c3cn[nH]c3C)C2)n1. The van der Waals surface area contributed by atoms with Gasteiger partial charge in [-0.05, 0) is 32.4 Å². The first-order chi connectivity index (χ1) is 11.1. The monoisotopic (exact) mass is 314 g/mol. The molecule has 1 fully saturated rings. The molecule has 23 heavy (non-hydrogen) atoms. The lowest BCUT2D eigenvalue weighted by Gasteiger charge is -2.23. The van der Waals surface area contributed by atoms with E-state index < -0.39 is 0 Å². The number of H-pyrrole nitrogens is 1. The van der Waals surface area contributed by atoms with Gasteiger partial charge in [0.05, 0.1) is 25.0 Å². The van der Waals surface area contributed by atoms with E-state index in [-0.39, 0.29) is 11.8 Å². The predicted molar refractivity (Wildman–Crippen MR) is 86.2 cm³/mol. The van der Waals surface area contributed by atoms with Gasteiger partial charge < -0.3 is 9.64 Å². The molecular weight excluding hydrogens is 292 g/mol. The normalized spacial score (nSPS) is 18.7. The van der Waals surface area contributed by atoms with Crippen LogP contribution in [0.3, 0.4) is 0 Å². The van der Waals surface area contributed by atoms with Crippen LogP contribution < -0.4 is 0 Å². The molecule has 1 N–H and O–H groups in total. The fourth-order valence-corrected chi connectivity index (χ4v) is 2.93. The summed E-state index contributed by atoms with van der Waals surface area (Å²) in [4.78, 5) is 19.1. The molecule has 0 aliphatic carbocycles. The number of nitrogens with zero attached hydrogens (tertiary/aromatic N) is 3. The van der Waals surface area contributed by atoms with Crippen molar-refractivity contribution in [2.75, 3.05) is 26.3 Å². The zero-order chi connectivity index (χ0) is 16.2. The van der Waals surface area contributed by atoms with Gasteiger partial charge in [-0.15, -0.1) is 0 Å². The lowest BCUT2D eigenvalue weighted by molar-refractivity contribution is 0.0736. The third kappa shape index (κ3) is 3.76. The molecule has 6 nitrogen and oxygen atoms in total. The molecule has 0 bridgehead atoms. The van der Waals surface area contributed by atoms with Crippen molar-refractivity contribution in [3.8, 4) is 0 Å². The first kappa shape index (κ1) is 15.7. The van der Waals surface area contributed by atoms with E-state index in [1.807, 2.05) is 36.9 Å². The lowest BCUT2D eigenvalue weighted by Crippen LogP contribution is -2.36. The van der Waals surface area contributed by atoms with Gasteiger partial charge in [0, 0.05) is 36.1 Å². The largest absolute Gasteiger partial charge is 0.379 e. The zero-order valence-electron chi connectivity index (χ0n) is 13.6. The number of hydrogen-bond acceptors (Lipinski definition) is 4. The molecule has 0 aromatic carbocycles. The summed E-state index contributed by atoms with van der Waals surface area (Å²) in [5.74, 6) is 0.270. The number of aromatic amines is 1. The summed E-state index contributed by atoms with van der Waals surface area (Å²) in [6.07, 6.45) is 2.41. The van der Waals surface area contributed by atoms with Crippen molar-refractivity contribution in [3.63, 3.8) is 0 Å². The third-order valence-electron chi connectivity index (χ3n) is 4.13. The molecule has 2 aromatic rings. The fourth-order valence-electron chi connectivity index (χ4n) is 2.93. The molecule has 1 amide bonds. The van der Waals surface area contributed by atoms with E-state index in [0.717, 1.165) is 23.5 Å². The Bertz CT molecular complexity index is 683. The van der Waals surface area contributed by atoms with Crippen LogP contribution in [0.1, 0.15) is 27.4 Å². The molecule has 0 radical (unpaired) electrons. The number of hydrogen-bond donors (Lipinski definition) is 1. The number of nitrogens with one attached hydrogen (secondary N) is 1. The highest BCUT2D eigenvalue weighted by molar-refractivity contribution is 5.95. The number of ether oxygens (including phenoxy) is 1. The van der Waals surface area contributed by atoms with Gasteiger partial charge in [-0.2, -0.15) is 5.10 Å². The molecule has 1 saturated heterocycles. The van der Waals surface area contributed by atoms with Crippen LogP contribution in [0.2, 0.25) is 0 Å². The molecule has 1 aliphatic heterocycles. The van der Waals surface area contributed by atoms with Crippen LogP contribution in [0.25, 0.3) is 0 Å². The van der Waals surface area contributed by atoms with Gasteiger partial charge >= 0.3 is 0 Å². The molecule has 0 spiro atoms. The van der Waals surface area contributed by atoms with Gasteiger partial charge in [-0.3, -0.25) is 14.9 Å². The van der Waals surface area contributed by atoms with Crippen LogP contribution in [0.4, 0.5) is 0 Å². The molecule has 1 aliphatic rings. The highest BCUT2D eigenvalue weighted by Gasteiger charge is 2.25. The minimum absolute atomic E-state index is 0.0175. The Morgan fingerprint density at radius 2 is 2.30 bits per heavy atom. The average Bonchev–Trinajstić information content (AvgIpc) is 2.81. The molecular formula is C17H22N4O2. The van der Waals surface area contributed by atoms with Crippen LogP contribution in [-0.2, 0) is 11.2 Å². The molecule has 3 heterocycles. The maximum Gasteiger partial charge on any atom is 0.257 e. The number of aryl methyl sites for hydroxylation is 2. The minimum atomic E-state index is 0.0175. The van der Waals surface area contributed by atoms with Gasteiger partial charge in [0.1, 0.15) is 0 Å². The Kier molecular flexibility index (Phi) is 4.71. The quantitative estimate of drug-likeness (QED) is 0.937. The Morgan fingerprint density at radius 1 is 1.43 bits per heavy atom. The van der Waals surface area contributed by atoms with Gasteiger partial charge in [-0.25, -0.2) is 0 Å². The number of pyridine rings is 1. The summed E-state index contributed by atoms with van der Waals surface area (Å²) in [5.41, 5.74) is 3.50. The van der Waals surface area contributed by atoms with Gasteiger partial charge in [0.2, 0.25) is 0 Å². The average molecular weight is 314 g/mol. The minimum Gasteiger partial charge on any atom is -0.379 e. The van der Waals surface area contributed by atoms with Crippen LogP contribution in [0.15, 0.2) is 24.4 Å². The van der Waals surface area contributed by atoms with Gasteiger partial charge in [0.25, 0.3) is 5.91 Å². The number of amides is 1. The third-order valence-corrected chi connectivity index (χ3v) is 4.13. The molecule has 6 heteroatoms. The highest BCUT2D eigenvalue weighted by atomic mass is 16.5. The summed E-state index contributed by atoms with van der Waals surface area (Å²) >= 11 is 0. The summed E-state index contributed by atoms with van der Waals surface area (Å²) in [5, 5.41) is 6.77. The van der Waals surface area contributed by atoms with Crippen LogP contribution in [-0.4, -0.2) is 52.3 Å². The van der Waals surface area contributed by atoms with Crippen molar-refractivity contribution in [2.24, 2.45) is 5.92 Å². The Hall–Kier alpha value is -2.21. The number of carbonyl (C=O) groups excluding carboxylic acids is 1. The fraction of sp³-hybridized carbons (Fsp3) is 0.471. The van der Waals surface area contributed by atoms with Gasteiger partial charge in [0.15, 0.2) is 0 Å². The van der Waals surface area contributed by atoms with Crippen LogP contribution >= 0.6 is 0 Å². The second-order valence-electron chi connectivity index (χ2n) is 6.08. The van der Waals surface area contributed by atoms with E-state index in [4.69, 9.17) is 4.74 Å². The Balaban J connectivity index is 1.71. The Labute approximate surface area is 135 Å². The second kappa shape index (κ2) is 6.91. The Morgan fingerprint density at radius 3 is 3.04 bits per heavy atom. The molecule has 3 rings (SSSR count). The second-order valence-corrected chi connectivity index (χ2v) is 6.08. The molecule has 1 unspecified atom stereocenters. The van der Waals surface area contributed by atoms with Crippen molar-refractivity contribution in [3.05, 3.63) is 47.0 Å². The number of aromatic nitrogens is 3. The van der Waals surface area contributed by atoms with Crippen LogP contribution in [0.5, 0.6) is 0 Å². The lowest BCUT2D eigenvalue weighted by atomic mass is 10.0. The van der Waals surface area contributed by atoms with Crippen molar-refractivity contribution >= 4 is 5.91 Å². The van der Waals surface area contributed by atoms with Crippen LogP contribution in [0, 0.1) is 19.8 Å². The van der Waals surface area contributed by atoms with Gasteiger partial charge in [-0.1, -0.05) is 6.07 Å². The first-order valence-corrected chi connectivity index (χ1v) is 7.93. The topological polar surface area (TPSA) is 71.1 Å². The van der Waals surface area contributed by atoms with Crippen molar-refractivity contribution in [1.82, 2.24) is 20.1 Å². The zero-order valence-corrected chi connectivity index (χ0v) is 13.6. The van der Waals surface area contributed by atoms with E-state index in [1.54, 1.807) is 6.20 Å². The number of carbonyl (C=O) groups is 1. The van der Waals surface area contributed by atoms with Crippen molar-refractivity contribution in [1.29, 1.82) is 0 Å². The predicted octanol–water partition coefficient (Wildman–Crippen LogP) is 1.75. The number of rotatable bonds is 3. The van der Waals surface area contributed by atoms with E-state index in [2.05, 4.69) is 15.2 Å². The molecule has 0 saturated carbocycles. The van der Waals surface area contributed by atoms with E-state index in [1.165, 1.54) is 0 Å². The smallest absolute Gasteiger partial charge is 0.257 e. The highest BCUT2D eigenvalue weighted by Crippen LogP contribution is 2.16. The van der Waals surface area contributed by atoms with E-state index >= 15 is 0 Å². The maximum absolute atomic E-state index is 12.7. The first-order valence-electron chi connectivity index (χ1n) is 7.93. The summed E-state index contributed by atoms with van der Waals surface area (Å²) < 4.78 is 5.69. The summed E-state index contributed by atoms with van der Waals surface area (Å²) in [6.45, 7) is 6.37. The van der Waals surface area contributed by atoms with Crippen molar-refractivity contribution in [2.45, 2.75) is 20.3 Å².